The van der Waals surface area contributed by atoms with E-state index in [-0.39, 0.29) is 0 Å². The number of anilines is 1. The quantitative estimate of drug-likeness (QED) is 0.857. The summed E-state index contributed by atoms with van der Waals surface area (Å²) in [5.74, 6) is 2.68. The van der Waals surface area contributed by atoms with Gasteiger partial charge in [0.25, 0.3) is 5.22 Å². The summed E-state index contributed by atoms with van der Waals surface area (Å²) in [5.41, 5.74) is 6.70. The molecule has 6 heteroatoms. The lowest BCUT2D eigenvalue weighted by Crippen LogP contribution is -1.99. The fourth-order valence-corrected chi connectivity index (χ4v) is 2.46. The van der Waals surface area contributed by atoms with Crippen LogP contribution in [0.3, 0.4) is 0 Å². The van der Waals surface area contributed by atoms with Gasteiger partial charge in [0.2, 0.25) is 0 Å². The molecular formula is C12H14N4OS. The van der Waals surface area contributed by atoms with Gasteiger partial charge < -0.3 is 10.2 Å². The number of hydrogen-bond acceptors (Lipinski definition) is 6. The Hall–Kier alpha value is -1.56. The van der Waals surface area contributed by atoms with Crippen molar-refractivity contribution in [3.05, 3.63) is 23.3 Å². The van der Waals surface area contributed by atoms with Crippen LogP contribution in [0.15, 0.2) is 20.7 Å². The van der Waals surface area contributed by atoms with E-state index in [1.165, 1.54) is 11.8 Å². The van der Waals surface area contributed by atoms with Crippen LogP contribution in [0.2, 0.25) is 0 Å². The van der Waals surface area contributed by atoms with Gasteiger partial charge in [0, 0.05) is 12.0 Å². The lowest BCUT2D eigenvalue weighted by molar-refractivity contribution is 0.431. The first-order chi connectivity index (χ1) is 8.61. The molecule has 0 atom stereocenters. The Bertz CT molecular complexity index is 572. The third kappa shape index (κ3) is 2.33. The molecule has 0 radical (unpaired) electrons. The highest BCUT2D eigenvalue weighted by molar-refractivity contribution is 7.99. The molecular weight excluding hydrogens is 248 g/mol. The van der Waals surface area contributed by atoms with Crippen molar-refractivity contribution in [1.82, 2.24) is 15.0 Å². The average molecular weight is 262 g/mol. The molecule has 5 nitrogen and oxygen atoms in total. The Morgan fingerprint density at radius 2 is 2.06 bits per heavy atom. The fraction of sp³-hybridized carbons (Fsp3) is 0.417. The number of aryl methyl sites for hydroxylation is 2. The molecule has 0 saturated heterocycles. The standard InChI is InChI=1S/C12H14N4OS/c1-6-7(2)17-12(14-6)18-10-5-9(13)15-11(16-10)8-3-4-8/h5,8H,3-4H2,1-2H3,(H2,13,15,16). The number of hydrogen-bond donors (Lipinski definition) is 1. The van der Waals surface area contributed by atoms with Crippen LogP contribution in [0.4, 0.5) is 5.82 Å². The van der Waals surface area contributed by atoms with Crippen LogP contribution in [0.1, 0.15) is 36.0 Å². The lowest BCUT2D eigenvalue weighted by atomic mass is 10.4. The number of oxazole rings is 1. The molecule has 0 aliphatic heterocycles. The highest BCUT2D eigenvalue weighted by atomic mass is 32.2. The van der Waals surface area contributed by atoms with E-state index in [0.717, 1.165) is 35.1 Å². The van der Waals surface area contributed by atoms with Crippen molar-refractivity contribution in [3.8, 4) is 0 Å². The van der Waals surface area contributed by atoms with E-state index in [4.69, 9.17) is 10.2 Å². The van der Waals surface area contributed by atoms with E-state index < -0.39 is 0 Å². The number of rotatable bonds is 3. The van der Waals surface area contributed by atoms with Crippen molar-refractivity contribution in [3.63, 3.8) is 0 Å². The predicted octanol–water partition coefficient (Wildman–Crippen LogP) is 2.69. The molecule has 18 heavy (non-hydrogen) atoms. The normalized spacial score (nSPS) is 15.0. The van der Waals surface area contributed by atoms with Gasteiger partial charge in [0.15, 0.2) is 0 Å². The third-order valence-electron chi connectivity index (χ3n) is 2.88. The molecule has 2 heterocycles. The summed E-state index contributed by atoms with van der Waals surface area (Å²) < 4.78 is 5.52. The molecule has 2 N–H and O–H groups in total. The first kappa shape index (κ1) is 11.5. The molecule has 0 unspecified atom stereocenters. The second kappa shape index (κ2) is 4.28. The Morgan fingerprint density at radius 1 is 1.28 bits per heavy atom. The molecule has 0 aromatic carbocycles. The first-order valence-electron chi connectivity index (χ1n) is 5.88. The van der Waals surface area contributed by atoms with Crippen LogP contribution >= 0.6 is 11.8 Å². The van der Waals surface area contributed by atoms with Gasteiger partial charge in [-0.05, 0) is 38.5 Å². The minimum absolute atomic E-state index is 0.487. The molecule has 3 rings (SSSR count). The second-order valence-corrected chi connectivity index (χ2v) is 5.46. The van der Waals surface area contributed by atoms with E-state index in [9.17, 15) is 0 Å². The molecule has 1 fully saturated rings. The minimum Gasteiger partial charge on any atom is -0.436 e. The van der Waals surface area contributed by atoms with Gasteiger partial charge in [0.1, 0.15) is 22.4 Å². The van der Waals surface area contributed by atoms with Gasteiger partial charge in [0.05, 0.1) is 5.69 Å². The zero-order valence-electron chi connectivity index (χ0n) is 10.3. The van der Waals surface area contributed by atoms with Crippen molar-refractivity contribution in [2.24, 2.45) is 0 Å². The maximum Gasteiger partial charge on any atom is 0.262 e. The van der Waals surface area contributed by atoms with E-state index >= 15 is 0 Å². The highest BCUT2D eigenvalue weighted by Crippen LogP contribution is 2.39. The fourth-order valence-electron chi connectivity index (χ4n) is 1.61. The molecule has 1 saturated carbocycles. The average Bonchev–Trinajstić information content (AvgIpc) is 3.07. The summed E-state index contributed by atoms with van der Waals surface area (Å²) in [6.07, 6.45) is 2.32. The second-order valence-electron chi connectivity index (χ2n) is 4.49. The van der Waals surface area contributed by atoms with Crippen molar-refractivity contribution < 1.29 is 4.42 Å². The topological polar surface area (TPSA) is 77.8 Å². The number of nitrogens with two attached hydrogens (primary N) is 1. The lowest BCUT2D eigenvalue weighted by Gasteiger charge is -2.02. The molecule has 2 aromatic rings. The van der Waals surface area contributed by atoms with Gasteiger partial charge in [-0.2, -0.15) is 0 Å². The van der Waals surface area contributed by atoms with Crippen LogP contribution < -0.4 is 5.73 Å². The molecule has 0 spiro atoms. The summed E-state index contributed by atoms with van der Waals surface area (Å²) in [6.45, 7) is 3.82. The molecule has 0 bridgehead atoms. The minimum atomic E-state index is 0.487. The van der Waals surface area contributed by atoms with Crippen molar-refractivity contribution in [2.75, 3.05) is 5.73 Å². The molecule has 2 aromatic heterocycles. The smallest absolute Gasteiger partial charge is 0.262 e. The van der Waals surface area contributed by atoms with Gasteiger partial charge in [-0.1, -0.05) is 0 Å². The van der Waals surface area contributed by atoms with Crippen molar-refractivity contribution >= 4 is 17.6 Å². The van der Waals surface area contributed by atoms with Gasteiger partial charge in [-0.3, -0.25) is 0 Å². The van der Waals surface area contributed by atoms with E-state index in [2.05, 4.69) is 15.0 Å². The summed E-state index contributed by atoms with van der Waals surface area (Å²) in [6, 6.07) is 1.76. The number of aromatic nitrogens is 3. The molecule has 0 amide bonds. The van der Waals surface area contributed by atoms with Crippen LogP contribution in [-0.2, 0) is 0 Å². The Morgan fingerprint density at radius 3 is 2.67 bits per heavy atom. The predicted molar refractivity (Wildman–Crippen MR) is 68.5 cm³/mol. The number of nitrogen functional groups attached to an aromatic ring is 1. The Balaban J connectivity index is 1.87. The van der Waals surface area contributed by atoms with Crippen LogP contribution in [-0.4, -0.2) is 15.0 Å². The van der Waals surface area contributed by atoms with E-state index in [1.807, 2.05) is 13.8 Å². The largest absolute Gasteiger partial charge is 0.436 e. The van der Waals surface area contributed by atoms with Crippen LogP contribution in [0.5, 0.6) is 0 Å². The summed E-state index contributed by atoms with van der Waals surface area (Å²) in [7, 11) is 0. The van der Waals surface area contributed by atoms with E-state index in [0.29, 0.717) is 17.0 Å². The maximum atomic E-state index is 5.80. The summed E-state index contributed by atoms with van der Waals surface area (Å²) in [4.78, 5) is 13.1. The van der Waals surface area contributed by atoms with Gasteiger partial charge >= 0.3 is 0 Å². The molecule has 1 aliphatic rings. The van der Waals surface area contributed by atoms with Gasteiger partial charge in [-0.15, -0.1) is 0 Å². The highest BCUT2D eigenvalue weighted by Gasteiger charge is 2.27. The SMILES string of the molecule is Cc1nc(Sc2cc(N)nc(C3CC3)n2)oc1C. The van der Waals surface area contributed by atoms with Gasteiger partial charge in [-0.25, -0.2) is 15.0 Å². The first-order valence-corrected chi connectivity index (χ1v) is 6.70. The zero-order chi connectivity index (χ0) is 12.7. The summed E-state index contributed by atoms with van der Waals surface area (Å²) >= 11 is 1.39. The zero-order valence-corrected chi connectivity index (χ0v) is 11.1. The third-order valence-corrected chi connectivity index (χ3v) is 3.65. The Labute approximate surface area is 109 Å². The Kier molecular flexibility index (Phi) is 2.74. The summed E-state index contributed by atoms with van der Waals surface area (Å²) in [5, 5.41) is 1.40. The molecule has 1 aliphatic carbocycles. The van der Waals surface area contributed by atoms with Crippen molar-refractivity contribution in [2.45, 2.75) is 42.9 Å². The van der Waals surface area contributed by atoms with Crippen LogP contribution in [0.25, 0.3) is 0 Å². The van der Waals surface area contributed by atoms with Crippen LogP contribution in [0, 0.1) is 13.8 Å². The maximum absolute atomic E-state index is 5.80. The molecule has 94 valence electrons. The number of nitrogens with zero attached hydrogens (tertiary/aromatic N) is 3. The van der Waals surface area contributed by atoms with Crippen molar-refractivity contribution in [1.29, 1.82) is 0 Å². The van der Waals surface area contributed by atoms with E-state index in [1.54, 1.807) is 6.07 Å². The monoisotopic (exact) mass is 262 g/mol.